The summed E-state index contributed by atoms with van der Waals surface area (Å²) in [4.78, 5) is 39.1. The van der Waals surface area contributed by atoms with E-state index in [-0.39, 0.29) is 23.9 Å². The van der Waals surface area contributed by atoms with Crippen molar-refractivity contribution >= 4 is 19.8 Å². The Bertz CT molecular complexity index is 2350. The lowest BCUT2D eigenvalue weighted by atomic mass is 10.0. The largest absolute Gasteiger partial charge is 0.756 e. The number of likely N-dealkylation sites (N-methyl/N-ethyl adjacent to an activating group) is 1. The van der Waals surface area contributed by atoms with Crippen molar-refractivity contribution in [1.82, 2.24) is 0 Å². The summed E-state index contributed by atoms with van der Waals surface area (Å²) in [5.41, 5.74) is 0. The van der Waals surface area contributed by atoms with Crippen molar-refractivity contribution in [3.05, 3.63) is 48.6 Å². The van der Waals surface area contributed by atoms with Gasteiger partial charge in [0.2, 0.25) is 0 Å². The molecular formula is C44H80NO8P. The molecule has 0 spiro atoms. The molecule has 0 saturated carbocycles. The number of ether oxygens (including phenoxy) is 2. The van der Waals surface area contributed by atoms with E-state index in [1.165, 1.54) is 6.42 Å². The van der Waals surface area contributed by atoms with E-state index in [0.717, 1.165) is 25.7 Å². The van der Waals surface area contributed by atoms with Crippen LogP contribution in [0.1, 0.15) is 210 Å². The van der Waals surface area contributed by atoms with Crippen molar-refractivity contribution in [3.8, 4) is 0 Å². The molecule has 0 aliphatic rings. The number of allylic oxidation sites excluding steroid dienone is 8. The van der Waals surface area contributed by atoms with Crippen LogP contribution in [0.4, 0.5) is 0 Å². The van der Waals surface area contributed by atoms with Gasteiger partial charge in [0.15, 0.2) is 6.10 Å². The van der Waals surface area contributed by atoms with Gasteiger partial charge in [-0.15, -0.1) is 0 Å². The molecule has 1 unspecified atom stereocenters. The molecule has 0 fully saturated rings. The maximum absolute atomic E-state index is 13.5. The first kappa shape index (κ1) is 20.1. The van der Waals surface area contributed by atoms with Crippen molar-refractivity contribution < 1.29 is 84.5 Å². The number of carbonyl (C=O) groups excluding carboxylic acids is 2. The number of rotatable bonds is 38. The third kappa shape index (κ3) is 39.7. The van der Waals surface area contributed by atoms with E-state index in [1.807, 2.05) is 24.3 Å². The van der Waals surface area contributed by atoms with Gasteiger partial charge >= 0.3 is 11.9 Å². The molecule has 0 N–H and O–H groups in total. The molecule has 0 saturated heterocycles. The quantitative estimate of drug-likeness (QED) is 0.0199. The van der Waals surface area contributed by atoms with Gasteiger partial charge in [0.1, 0.15) is 19.8 Å². The number of quaternary nitrogens is 1. The number of unbranched alkanes of at least 4 members (excludes halogenated alkanes) is 4. The summed E-state index contributed by atoms with van der Waals surface area (Å²) in [5.74, 6) is -3.59. The minimum absolute atomic E-state index is 0.128. The molecule has 0 heterocycles. The Morgan fingerprint density at radius 3 is 1.76 bits per heavy atom. The molecule has 0 radical (unpaired) electrons. The van der Waals surface area contributed by atoms with Crippen molar-refractivity contribution in [1.29, 1.82) is 0 Å². The Balaban J connectivity index is 6.86. The highest BCUT2D eigenvalue weighted by Gasteiger charge is 2.21. The average molecular weight is 813 g/mol. The van der Waals surface area contributed by atoms with Gasteiger partial charge < -0.3 is 27.9 Å². The molecule has 0 aromatic carbocycles. The van der Waals surface area contributed by atoms with Crippen LogP contribution in [0, 0.1) is 0 Å². The molecule has 10 heteroatoms. The number of esters is 2. The van der Waals surface area contributed by atoms with Crippen LogP contribution >= 0.6 is 7.82 Å². The van der Waals surface area contributed by atoms with E-state index >= 15 is 0 Å². The van der Waals surface area contributed by atoms with Crippen LogP contribution in [0.3, 0.4) is 0 Å². The van der Waals surface area contributed by atoms with Gasteiger partial charge in [0.05, 0.1) is 27.7 Å². The fourth-order valence-electron chi connectivity index (χ4n) is 3.56. The van der Waals surface area contributed by atoms with Gasteiger partial charge in [0, 0.05) is 55.3 Å². The summed E-state index contributed by atoms with van der Waals surface area (Å²) in [6.45, 7) is -4.94. The molecule has 2 atom stereocenters. The van der Waals surface area contributed by atoms with Gasteiger partial charge in [0.25, 0.3) is 7.82 Å². The third-order valence-corrected chi connectivity index (χ3v) is 7.22. The first-order valence-corrected chi connectivity index (χ1v) is 19.0. The van der Waals surface area contributed by atoms with E-state index < -0.39 is 142 Å². The van der Waals surface area contributed by atoms with Crippen LogP contribution < -0.4 is 4.89 Å². The van der Waals surface area contributed by atoms with Crippen LogP contribution in [0.25, 0.3) is 0 Å². The maximum Gasteiger partial charge on any atom is 0.306 e. The highest BCUT2D eigenvalue weighted by molar-refractivity contribution is 7.45. The molecule has 54 heavy (non-hydrogen) atoms. The molecule has 0 aromatic heterocycles. The summed E-state index contributed by atoms with van der Waals surface area (Å²) in [6, 6.07) is 0. The summed E-state index contributed by atoms with van der Waals surface area (Å²) < 4.78 is 287. The molecule has 0 bridgehead atoms. The Kier molecular flexibility index (Phi) is 13.6. The lowest BCUT2D eigenvalue weighted by molar-refractivity contribution is -0.870. The van der Waals surface area contributed by atoms with Crippen molar-refractivity contribution in [2.75, 3.05) is 47.5 Å². The predicted octanol–water partition coefficient (Wildman–Crippen LogP) is 11.3. The van der Waals surface area contributed by atoms with Gasteiger partial charge in [-0.1, -0.05) is 152 Å². The van der Waals surface area contributed by atoms with Crippen molar-refractivity contribution in [2.24, 2.45) is 0 Å². The number of nitrogens with zero attached hydrogens (tertiary/aromatic N) is 1. The lowest BCUT2D eigenvalue weighted by Crippen LogP contribution is -2.37. The minimum Gasteiger partial charge on any atom is -0.756 e. The lowest BCUT2D eigenvalue weighted by Gasteiger charge is -2.28. The number of carbonyl (C=O) groups is 2. The molecule has 314 valence electrons. The molecular weight excluding hydrogens is 701 g/mol. The second-order valence-electron chi connectivity index (χ2n) is 12.0. The zero-order chi connectivity index (χ0) is 67.6. The zero-order valence-corrected chi connectivity index (χ0v) is 32.7. The molecule has 0 amide bonds. The molecule has 0 aliphatic carbocycles. The second kappa shape index (κ2) is 36.6. The Morgan fingerprint density at radius 2 is 1.22 bits per heavy atom. The number of hydrogen-bond acceptors (Lipinski definition) is 8. The fraction of sp³-hybridized carbons (Fsp3) is 0.773. The summed E-state index contributed by atoms with van der Waals surface area (Å²) >= 11 is 0. The first-order chi connectivity index (χ1) is 37.7. The third-order valence-electron chi connectivity index (χ3n) is 6.25. The summed E-state index contributed by atoms with van der Waals surface area (Å²) in [5, 5.41) is 0. The number of hydrogen-bond donors (Lipinski definition) is 0. The van der Waals surface area contributed by atoms with Gasteiger partial charge in [-0.3, -0.25) is 14.2 Å². The van der Waals surface area contributed by atoms with Crippen molar-refractivity contribution in [2.45, 2.75) is 173 Å². The van der Waals surface area contributed by atoms with Crippen LogP contribution in [0.5, 0.6) is 0 Å². The smallest absolute Gasteiger partial charge is 0.306 e. The van der Waals surface area contributed by atoms with Crippen LogP contribution in [0.15, 0.2) is 48.6 Å². The molecule has 0 aliphatic heterocycles. The first-order valence-electron chi connectivity index (χ1n) is 33.0. The highest BCUT2D eigenvalue weighted by Crippen LogP contribution is 2.38. The van der Waals surface area contributed by atoms with E-state index in [1.54, 1.807) is 27.2 Å². The zero-order valence-electron chi connectivity index (χ0n) is 62.8. The summed E-state index contributed by atoms with van der Waals surface area (Å²) in [6.07, 6.45) is -49.5. The minimum atomic E-state index is -5.25. The molecule has 0 aromatic rings. The van der Waals surface area contributed by atoms with E-state index in [0.29, 0.717) is 19.3 Å². The average Bonchev–Trinajstić information content (AvgIpc) is 0.716. The van der Waals surface area contributed by atoms with Gasteiger partial charge in [-0.05, 0) is 51.3 Å². The van der Waals surface area contributed by atoms with Crippen molar-refractivity contribution in [3.63, 3.8) is 0 Å². The van der Waals surface area contributed by atoms with E-state index in [9.17, 15) is 19.0 Å². The highest BCUT2D eigenvalue weighted by atomic mass is 31.2. The molecule has 9 nitrogen and oxygen atoms in total. The topological polar surface area (TPSA) is 111 Å². The second-order valence-corrected chi connectivity index (χ2v) is 13.4. The van der Waals surface area contributed by atoms with E-state index in [2.05, 4.69) is 25.2 Å². The SMILES string of the molecule is [2H]C([2H])([2H])C([2H])([2H])C([2H])([2H])C([2H])([2H])C([2H])([2H])C([2H])([2H])C([2H])([2H])C([2H])([2H])C([2H])([2H])C([2H])([2H])C([2H])([2H])C([2H])([2H])C([2H])([2H])C([2H])([2H])C([2H])([2H])C(=O)OC[C@H](COP(=O)([O-])OCC[N+](C)(C)C)OC(=O)CCC/C=C\C/C=C\C/C=C\C/C=C\CCCCC. The monoisotopic (exact) mass is 813 g/mol. The van der Waals surface area contributed by atoms with Crippen LogP contribution in [0.2, 0.25) is 0 Å². The Labute approximate surface area is 374 Å². The normalized spacial score (nSPS) is 26.6. The van der Waals surface area contributed by atoms with E-state index in [4.69, 9.17) is 61.0 Å². The predicted molar refractivity (Wildman–Crippen MR) is 222 cm³/mol. The van der Waals surface area contributed by atoms with Gasteiger partial charge in [-0.25, -0.2) is 0 Å². The fourth-order valence-corrected chi connectivity index (χ4v) is 4.28. The maximum atomic E-state index is 13.5. The Hall–Kier alpha value is -2.03. The van der Waals surface area contributed by atoms with Crippen LogP contribution in [-0.4, -0.2) is 70.0 Å². The molecule has 0 rings (SSSR count). The van der Waals surface area contributed by atoms with Gasteiger partial charge in [-0.2, -0.15) is 0 Å². The van der Waals surface area contributed by atoms with Crippen LogP contribution in [-0.2, 0) is 32.7 Å². The Morgan fingerprint density at radius 1 is 0.704 bits per heavy atom. The number of phosphoric ester groups is 1. The summed E-state index contributed by atoms with van der Waals surface area (Å²) in [7, 11) is -0.163. The standard InChI is InChI=1S/C44H80NO8P/c1-6-8-10-12-14-16-18-20-21-22-23-25-27-29-31-33-35-37-44(47)53-42(41-52-54(48,49)51-39-38-45(3,4)5)40-50-43(46)36-34-32-30-28-26-24-19-17-15-13-11-9-7-2/h14,16,20-21,23,25,29,31,42H,6-13,15,17-19,22,24,26-28,30,32-41H2,1-5H3/b16-14-,21-20-,25-23-,31-29-/t42-/m1/s1/i2D3,7D2,9D2,11D2,13D2,15D2,17D2,19D2,24D2,26D2,28D2,30D2,32D2,34D2,36D2. The number of phosphoric acid groups is 1.